The first-order valence-corrected chi connectivity index (χ1v) is 7.68. The van der Waals surface area contributed by atoms with E-state index < -0.39 is 6.09 Å². The van der Waals surface area contributed by atoms with Gasteiger partial charge in [0.15, 0.2) is 0 Å². The molecule has 2 aromatic carbocycles. The maximum Gasteiger partial charge on any atom is 0.404 e. The average molecular weight is 331 g/mol. The smallest absolute Gasteiger partial charge is 0.404 e. The van der Waals surface area contributed by atoms with Crippen molar-refractivity contribution in [3.05, 3.63) is 60.2 Å². The molecule has 0 aliphatic rings. The van der Waals surface area contributed by atoms with E-state index in [1.54, 1.807) is 0 Å². The van der Waals surface area contributed by atoms with Gasteiger partial charge in [-0.1, -0.05) is 30.3 Å². The summed E-state index contributed by atoms with van der Waals surface area (Å²) in [5, 5.41) is 10.6. The second-order valence-corrected chi connectivity index (χ2v) is 4.94. The minimum atomic E-state index is -1.05. The van der Waals surface area contributed by atoms with Crippen LogP contribution in [0.15, 0.2) is 54.6 Å². The van der Waals surface area contributed by atoms with Crippen LogP contribution >= 0.6 is 0 Å². The van der Waals surface area contributed by atoms with Gasteiger partial charge < -0.3 is 24.6 Å². The van der Waals surface area contributed by atoms with E-state index in [2.05, 4.69) is 5.32 Å². The Bertz CT molecular complexity index is 601. The van der Waals surface area contributed by atoms with Gasteiger partial charge in [-0.3, -0.25) is 0 Å². The van der Waals surface area contributed by atoms with Crippen LogP contribution < -0.4 is 14.8 Å². The summed E-state index contributed by atoms with van der Waals surface area (Å²) in [6.07, 6.45) is -1.05. The number of hydrogen-bond donors (Lipinski definition) is 2. The van der Waals surface area contributed by atoms with E-state index in [4.69, 9.17) is 19.3 Å². The monoisotopic (exact) mass is 331 g/mol. The van der Waals surface area contributed by atoms with E-state index in [1.165, 1.54) is 0 Å². The molecular weight excluding hydrogens is 310 g/mol. The maximum absolute atomic E-state index is 10.2. The van der Waals surface area contributed by atoms with Crippen molar-refractivity contribution in [2.24, 2.45) is 0 Å². The standard InChI is InChI=1S/C18H21NO5/c20-18(21)19-10-11-22-12-13-23-16-6-8-17(9-7-16)24-14-15-4-2-1-3-5-15/h1-9,19H,10-14H2,(H,20,21). The van der Waals surface area contributed by atoms with Crippen LogP contribution in [0.25, 0.3) is 0 Å². The zero-order chi connectivity index (χ0) is 17.0. The van der Waals surface area contributed by atoms with E-state index in [1.807, 2.05) is 54.6 Å². The summed E-state index contributed by atoms with van der Waals surface area (Å²) in [6, 6.07) is 17.4. The normalized spacial score (nSPS) is 10.2. The van der Waals surface area contributed by atoms with Crippen LogP contribution in [0.2, 0.25) is 0 Å². The number of benzene rings is 2. The Hall–Kier alpha value is -2.73. The van der Waals surface area contributed by atoms with E-state index in [-0.39, 0.29) is 6.54 Å². The van der Waals surface area contributed by atoms with Crippen LogP contribution in [0.4, 0.5) is 4.79 Å². The predicted octanol–water partition coefficient (Wildman–Crippen LogP) is 2.93. The Morgan fingerprint density at radius 2 is 1.54 bits per heavy atom. The molecule has 0 fully saturated rings. The molecule has 2 rings (SSSR count). The van der Waals surface area contributed by atoms with Gasteiger partial charge in [0.25, 0.3) is 0 Å². The third-order valence-electron chi connectivity index (χ3n) is 3.09. The first-order chi connectivity index (χ1) is 11.7. The van der Waals surface area contributed by atoms with Crippen LogP contribution in [-0.2, 0) is 11.3 Å². The van der Waals surface area contributed by atoms with Crippen molar-refractivity contribution in [1.29, 1.82) is 0 Å². The fourth-order valence-electron chi connectivity index (χ4n) is 1.92. The molecule has 0 aliphatic heterocycles. The fraction of sp³-hybridized carbons (Fsp3) is 0.278. The van der Waals surface area contributed by atoms with Crippen molar-refractivity contribution in [3.8, 4) is 11.5 Å². The number of carboxylic acid groups (broad SMARTS) is 1. The Labute approximate surface area is 141 Å². The molecule has 0 saturated carbocycles. The third-order valence-corrected chi connectivity index (χ3v) is 3.09. The zero-order valence-corrected chi connectivity index (χ0v) is 13.3. The lowest BCUT2D eigenvalue weighted by Gasteiger charge is -2.09. The highest BCUT2D eigenvalue weighted by molar-refractivity contribution is 5.64. The van der Waals surface area contributed by atoms with E-state index in [9.17, 15) is 4.79 Å². The number of hydrogen-bond acceptors (Lipinski definition) is 4. The molecule has 128 valence electrons. The molecular formula is C18H21NO5. The molecule has 0 radical (unpaired) electrons. The lowest BCUT2D eigenvalue weighted by molar-refractivity contribution is 0.101. The first kappa shape index (κ1) is 17.6. The minimum absolute atomic E-state index is 0.267. The average Bonchev–Trinajstić information content (AvgIpc) is 2.61. The molecule has 0 saturated heterocycles. The Morgan fingerprint density at radius 1 is 0.875 bits per heavy atom. The topological polar surface area (TPSA) is 77.0 Å². The molecule has 0 heterocycles. The lowest BCUT2D eigenvalue weighted by atomic mass is 10.2. The quantitative estimate of drug-likeness (QED) is 0.655. The molecule has 0 aromatic heterocycles. The van der Waals surface area contributed by atoms with Crippen LogP contribution in [0.3, 0.4) is 0 Å². The summed E-state index contributed by atoms with van der Waals surface area (Å²) in [5.41, 5.74) is 1.12. The minimum Gasteiger partial charge on any atom is -0.491 e. The molecule has 0 aliphatic carbocycles. The van der Waals surface area contributed by atoms with Crippen LogP contribution in [0, 0.1) is 0 Å². The van der Waals surface area contributed by atoms with Gasteiger partial charge in [0.1, 0.15) is 24.7 Å². The Balaban J connectivity index is 1.60. The molecule has 0 atom stereocenters. The van der Waals surface area contributed by atoms with Crippen molar-refractivity contribution in [1.82, 2.24) is 5.32 Å². The molecule has 0 spiro atoms. The number of carbonyl (C=O) groups is 1. The summed E-state index contributed by atoms with van der Waals surface area (Å²) in [4.78, 5) is 10.2. The van der Waals surface area contributed by atoms with Gasteiger partial charge in [0, 0.05) is 6.54 Å². The van der Waals surface area contributed by atoms with Gasteiger partial charge >= 0.3 is 6.09 Å². The first-order valence-electron chi connectivity index (χ1n) is 7.68. The summed E-state index contributed by atoms with van der Waals surface area (Å²) in [5.74, 6) is 1.51. The molecule has 2 aromatic rings. The summed E-state index contributed by atoms with van der Waals surface area (Å²) in [7, 11) is 0. The lowest BCUT2D eigenvalue weighted by Crippen LogP contribution is -2.25. The Kier molecular flexibility index (Phi) is 7.43. The van der Waals surface area contributed by atoms with Crippen LogP contribution in [-0.4, -0.2) is 37.6 Å². The Morgan fingerprint density at radius 3 is 2.21 bits per heavy atom. The van der Waals surface area contributed by atoms with Crippen molar-refractivity contribution in [2.75, 3.05) is 26.4 Å². The van der Waals surface area contributed by atoms with E-state index >= 15 is 0 Å². The van der Waals surface area contributed by atoms with Gasteiger partial charge in [-0.15, -0.1) is 0 Å². The molecule has 0 unspecified atom stereocenters. The molecule has 6 nitrogen and oxygen atoms in total. The number of rotatable bonds is 10. The van der Waals surface area contributed by atoms with Gasteiger partial charge in [0.2, 0.25) is 0 Å². The fourth-order valence-corrected chi connectivity index (χ4v) is 1.92. The molecule has 2 N–H and O–H groups in total. The van der Waals surface area contributed by atoms with Crippen molar-refractivity contribution >= 4 is 6.09 Å². The van der Waals surface area contributed by atoms with Gasteiger partial charge in [-0.2, -0.15) is 0 Å². The van der Waals surface area contributed by atoms with Crippen molar-refractivity contribution in [2.45, 2.75) is 6.61 Å². The highest BCUT2D eigenvalue weighted by atomic mass is 16.5. The van der Waals surface area contributed by atoms with Crippen molar-refractivity contribution in [3.63, 3.8) is 0 Å². The predicted molar refractivity (Wildman–Crippen MR) is 89.6 cm³/mol. The summed E-state index contributed by atoms with van der Waals surface area (Å²) >= 11 is 0. The molecule has 1 amide bonds. The molecule has 6 heteroatoms. The van der Waals surface area contributed by atoms with Crippen molar-refractivity contribution < 1.29 is 24.1 Å². The van der Waals surface area contributed by atoms with Crippen LogP contribution in [0.5, 0.6) is 11.5 Å². The number of ether oxygens (including phenoxy) is 3. The van der Waals surface area contributed by atoms with Gasteiger partial charge in [0.05, 0.1) is 13.2 Å². The van der Waals surface area contributed by atoms with Crippen LogP contribution in [0.1, 0.15) is 5.56 Å². The molecule has 0 bridgehead atoms. The largest absolute Gasteiger partial charge is 0.491 e. The van der Waals surface area contributed by atoms with E-state index in [0.29, 0.717) is 26.4 Å². The van der Waals surface area contributed by atoms with E-state index in [0.717, 1.165) is 17.1 Å². The third kappa shape index (κ3) is 7.02. The van der Waals surface area contributed by atoms with Gasteiger partial charge in [-0.25, -0.2) is 4.79 Å². The molecule has 24 heavy (non-hydrogen) atoms. The second kappa shape index (κ2) is 10.1. The number of amides is 1. The highest BCUT2D eigenvalue weighted by Crippen LogP contribution is 2.18. The summed E-state index contributed by atoms with van der Waals surface area (Å²) in [6.45, 7) is 1.91. The SMILES string of the molecule is O=C(O)NCCOCCOc1ccc(OCc2ccccc2)cc1. The highest BCUT2D eigenvalue weighted by Gasteiger charge is 1.98. The summed E-state index contributed by atoms with van der Waals surface area (Å²) < 4.78 is 16.5. The van der Waals surface area contributed by atoms with Gasteiger partial charge in [-0.05, 0) is 29.8 Å². The second-order valence-electron chi connectivity index (χ2n) is 4.94. The maximum atomic E-state index is 10.2. The zero-order valence-electron chi connectivity index (χ0n) is 13.3. The number of nitrogens with one attached hydrogen (secondary N) is 1.